The largest absolute Gasteiger partial charge is 0.457 e. The zero-order valence-electron chi connectivity index (χ0n) is 44.1. The van der Waals surface area contributed by atoms with Crippen LogP contribution in [0.15, 0.2) is 146 Å². The summed E-state index contributed by atoms with van der Waals surface area (Å²) >= 11 is 0. The van der Waals surface area contributed by atoms with Gasteiger partial charge in [0.05, 0.1) is 27.9 Å². The Labute approximate surface area is 424 Å². The van der Waals surface area contributed by atoms with E-state index in [0.717, 1.165) is 56.0 Å². The Balaban J connectivity index is 1.06. The van der Waals surface area contributed by atoms with Crippen molar-refractivity contribution in [1.29, 1.82) is 0 Å². The van der Waals surface area contributed by atoms with Crippen molar-refractivity contribution in [2.24, 2.45) is 0 Å². The molecule has 0 N–H and O–H groups in total. The maximum absolute atomic E-state index is 7.03. The van der Waals surface area contributed by atoms with Crippen LogP contribution < -0.4 is 21.1 Å². The van der Waals surface area contributed by atoms with Crippen molar-refractivity contribution in [3.8, 4) is 28.6 Å². The molecular formula is C66H63BN4O. The van der Waals surface area contributed by atoms with Crippen LogP contribution in [0.1, 0.15) is 98.7 Å². The lowest BCUT2D eigenvalue weighted by atomic mass is 9.34. The van der Waals surface area contributed by atoms with Crippen LogP contribution in [0.5, 0.6) is 11.5 Å². The van der Waals surface area contributed by atoms with Crippen LogP contribution >= 0.6 is 0 Å². The van der Waals surface area contributed by atoms with E-state index in [1.54, 1.807) is 0 Å². The van der Waals surface area contributed by atoms with Gasteiger partial charge in [0, 0.05) is 50.2 Å². The number of fused-ring (bicyclic) bond motifs is 6. The standard InChI is InChI=1S/C66H63BN4O/c1-38-30-40(3)58(41(4)31-38)67(59-42(5)32-39(2)33-43(59)6)46-22-27-55-52(35-46)50-26-24-48(37-56(50)70(55)57-34-45(28-29-68-57)64(7,8)9)72-47-23-25-49-51-20-17-21-54-61(51)71-62(66(12,13)65(54,10)11)60(44-18-15-14-16-19-44)69-63(71)53(49)36-47/h14-37H,1-13H3. The summed E-state index contributed by atoms with van der Waals surface area (Å²) in [5, 5.41) is 5.79. The summed E-state index contributed by atoms with van der Waals surface area (Å²) in [4.78, 5) is 10.7. The number of pyridine rings is 2. The highest BCUT2D eigenvalue weighted by molar-refractivity contribution is 6.96. The van der Waals surface area contributed by atoms with E-state index in [0.29, 0.717) is 0 Å². The van der Waals surface area contributed by atoms with Crippen LogP contribution in [0.2, 0.25) is 0 Å². The van der Waals surface area contributed by atoms with Crippen LogP contribution in [0.4, 0.5) is 0 Å². The molecule has 4 aromatic heterocycles. The monoisotopic (exact) mass is 939 g/mol. The molecule has 0 unspecified atom stereocenters. The zero-order valence-corrected chi connectivity index (χ0v) is 44.1. The molecule has 0 saturated carbocycles. The van der Waals surface area contributed by atoms with Gasteiger partial charge in [-0.25, -0.2) is 9.97 Å². The van der Waals surface area contributed by atoms with Crippen molar-refractivity contribution in [2.45, 2.75) is 106 Å². The Hall–Kier alpha value is -7.44. The van der Waals surface area contributed by atoms with Gasteiger partial charge >= 0.3 is 0 Å². The lowest BCUT2D eigenvalue weighted by Gasteiger charge is -2.46. The maximum atomic E-state index is 7.03. The average molecular weight is 939 g/mol. The molecule has 11 aromatic rings. The number of aryl methyl sites for hydroxylation is 6. The molecule has 0 bridgehead atoms. The van der Waals surface area contributed by atoms with Crippen molar-refractivity contribution >= 4 is 72.2 Å². The van der Waals surface area contributed by atoms with E-state index in [9.17, 15) is 0 Å². The molecule has 0 amide bonds. The smallest absolute Gasteiger partial charge is 0.242 e. The van der Waals surface area contributed by atoms with Gasteiger partial charge in [0.1, 0.15) is 23.0 Å². The molecular weight excluding hydrogens is 876 g/mol. The lowest BCUT2D eigenvalue weighted by Crippen LogP contribution is -2.55. The Morgan fingerprint density at radius 3 is 1.83 bits per heavy atom. The Kier molecular flexibility index (Phi) is 10.2. The minimum atomic E-state index is -0.228. The van der Waals surface area contributed by atoms with Gasteiger partial charge in [-0.1, -0.05) is 183 Å². The summed E-state index contributed by atoms with van der Waals surface area (Å²) in [5.41, 5.74) is 21.8. The quantitative estimate of drug-likeness (QED) is 0.118. The highest BCUT2D eigenvalue weighted by Crippen LogP contribution is 2.54. The summed E-state index contributed by atoms with van der Waals surface area (Å²) in [6.07, 6.45) is 1.96. The molecule has 0 spiro atoms. The summed E-state index contributed by atoms with van der Waals surface area (Å²) < 4.78 is 11.8. The van der Waals surface area contributed by atoms with Crippen LogP contribution in [-0.4, -0.2) is 25.6 Å². The van der Waals surface area contributed by atoms with Crippen molar-refractivity contribution in [2.75, 3.05) is 0 Å². The van der Waals surface area contributed by atoms with Crippen LogP contribution in [0.3, 0.4) is 0 Å². The molecule has 356 valence electrons. The third-order valence-electron chi connectivity index (χ3n) is 16.8. The zero-order chi connectivity index (χ0) is 50.3. The van der Waals surface area contributed by atoms with E-state index in [1.807, 2.05) is 6.20 Å². The molecule has 7 aromatic carbocycles. The number of imidazole rings is 1. The van der Waals surface area contributed by atoms with E-state index >= 15 is 0 Å². The first-order valence-electron chi connectivity index (χ1n) is 25.7. The lowest BCUT2D eigenvalue weighted by molar-refractivity contribution is 0.289. The predicted molar refractivity (Wildman–Crippen MR) is 305 cm³/mol. The summed E-state index contributed by atoms with van der Waals surface area (Å²) in [6.45, 7) is 29.9. The molecule has 1 aliphatic heterocycles. The molecule has 0 atom stereocenters. The summed E-state index contributed by atoms with van der Waals surface area (Å²) in [7, 11) is 0. The average Bonchev–Trinajstić information content (AvgIpc) is 3.90. The number of rotatable bonds is 7. The van der Waals surface area contributed by atoms with Crippen LogP contribution in [0, 0.1) is 41.5 Å². The van der Waals surface area contributed by atoms with Crippen LogP contribution in [0.25, 0.3) is 66.2 Å². The highest BCUT2D eigenvalue weighted by atomic mass is 16.5. The molecule has 0 saturated heterocycles. The molecule has 72 heavy (non-hydrogen) atoms. The van der Waals surface area contributed by atoms with Gasteiger partial charge in [-0.05, 0) is 112 Å². The van der Waals surface area contributed by atoms with E-state index in [1.165, 1.54) is 88.3 Å². The first-order chi connectivity index (χ1) is 34.3. The maximum Gasteiger partial charge on any atom is 0.242 e. The van der Waals surface area contributed by atoms with Gasteiger partial charge in [0.15, 0.2) is 0 Å². The number of hydrogen-bond donors (Lipinski definition) is 0. The number of benzene rings is 7. The number of hydrogen-bond acceptors (Lipinski definition) is 3. The molecule has 0 radical (unpaired) electrons. The molecule has 1 aliphatic rings. The molecule has 0 aliphatic carbocycles. The Morgan fingerprint density at radius 1 is 0.542 bits per heavy atom. The minimum Gasteiger partial charge on any atom is -0.457 e. The number of aromatic nitrogens is 4. The van der Waals surface area contributed by atoms with Crippen molar-refractivity contribution in [3.05, 3.63) is 196 Å². The molecule has 5 nitrogen and oxygen atoms in total. The number of para-hydroxylation sites is 1. The fraction of sp³-hybridized carbons (Fsp3) is 0.242. The third kappa shape index (κ3) is 6.81. The predicted octanol–water partition coefficient (Wildman–Crippen LogP) is 14.8. The first-order valence-corrected chi connectivity index (χ1v) is 25.7. The van der Waals surface area contributed by atoms with Gasteiger partial charge in [-0.15, -0.1) is 0 Å². The third-order valence-corrected chi connectivity index (χ3v) is 16.8. The normalized spacial score (nSPS) is 14.1. The summed E-state index contributed by atoms with van der Waals surface area (Å²) in [5.74, 6) is 2.40. The summed E-state index contributed by atoms with van der Waals surface area (Å²) in [6, 6.07) is 51.6. The Morgan fingerprint density at radius 2 is 1.18 bits per heavy atom. The number of nitrogens with zero attached hydrogens (tertiary/aromatic N) is 4. The second-order valence-corrected chi connectivity index (χ2v) is 23.1. The van der Waals surface area contributed by atoms with E-state index in [2.05, 4.69) is 239 Å². The molecule has 5 heterocycles. The van der Waals surface area contributed by atoms with Gasteiger partial charge in [0.25, 0.3) is 0 Å². The van der Waals surface area contributed by atoms with E-state index in [-0.39, 0.29) is 23.0 Å². The van der Waals surface area contributed by atoms with Crippen molar-refractivity contribution in [1.82, 2.24) is 18.9 Å². The second kappa shape index (κ2) is 16.0. The molecule has 12 rings (SSSR count). The number of ether oxygens (including phenoxy) is 1. The van der Waals surface area contributed by atoms with Crippen molar-refractivity contribution in [3.63, 3.8) is 0 Å². The SMILES string of the molecule is Cc1cc(C)c(B(c2ccc3c(c2)c2ccc(Oc4ccc5c(c4)c4nc(-c6ccccc6)c6n4c4c(cccc54)C(C)(C)C6(C)C)cc2n3-c2cc(C(C)(C)C)ccn2)c2c(C)cc(C)cc2C)c(C)c1. The van der Waals surface area contributed by atoms with Crippen molar-refractivity contribution < 1.29 is 4.74 Å². The van der Waals surface area contributed by atoms with E-state index < -0.39 is 0 Å². The minimum absolute atomic E-state index is 0.0449. The fourth-order valence-corrected chi connectivity index (χ4v) is 12.8. The fourth-order valence-electron chi connectivity index (χ4n) is 12.8. The second-order valence-electron chi connectivity index (χ2n) is 23.1. The van der Waals surface area contributed by atoms with Gasteiger partial charge in [0.2, 0.25) is 6.71 Å². The highest BCUT2D eigenvalue weighted by Gasteiger charge is 2.48. The van der Waals surface area contributed by atoms with E-state index in [4.69, 9.17) is 14.7 Å². The molecule has 6 heteroatoms. The molecule has 0 fully saturated rings. The van der Waals surface area contributed by atoms with Gasteiger partial charge in [-0.2, -0.15) is 0 Å². The Bertz CT molecular complexity index is 3970. The van der Waals surface area contributed by atoms with Gasteiger partial charge in [-0.3, -0.25) is 8.97 Å². The first kappa shape index (κ1) is 45.7. The van der Waals surface area contributed by atoms with Gasteiger partial charge < -0.3 is 4.74 Å². The van der Waals surface area contributed by atoms with Crippen LogP contribution in [-0.2, 0) is 16.2 Å². The topological polar surface area (TPSA) is 44.4 Å².